The average Bonchev–Trinajstić information content (AvgIpc) is 3.48. The van der Waals surface area contributed by atoms with Crippen molar-refractivity contribution in [1.82, 2.24) is 14.7 Å². The van der Waals surface area contributed by atoms with Crippen LogP contribution >= 0.6 is 11.6 Å². The summed E-state index contributed by atoms with van der Waals surface area (Å²) in [5.74, 6) is 1.49. The van der Waals surface area contributed by atoms with Crippen LogP contribution in [-0.2, 0) is 4.79 Å². The number of hydrogen-bond donors (Lipinski definition) is 0. The van der Waals surface area contributed by atoms with Crippen molar-refractivity contribution in [3.8, 4) is 5.75 Å². The summed E-state index contributed by atoms with van der Waals surface area (Å²) in [6.45, 7) is 4.67. The second-order valence-corrected chi connectivity index (χ2v) is 8.49. The SMILES string of the molecule is COc1ccc(Cl)cc1C(=O)N1CCCN([C@@H]2CCN(CC3CC3)C2=O)CC1. The summed E-state index contributed by atoms with van der Waals surface area (Å²) < 4.78 is 5.34. The molecule has 1 aromatic rings. The molecule has 7 heteroatoms. The molecule has 0 spiro atoms. The van der Waals surface area contributed by atoms with Gasteiger partial charge in [0.05, 0.1) is 18.7 Å². The quantitative estimate of drug-likeness (QED) is 0.755. The summed E-state index contributed by atoms with van der Waals surface area (Å²) in [7, 11) is 1.56. The number of hydrogen-bond acceptors (Lipinski definition) is 4. The topological polar surface area (TPSA) is 53.1 Å². The van der Waals surface area contributed by atoms with E-state index in [0.29, 0.717) is 29.4 Å². The van der Waals surface area contributed by atoms with Crippen molar-refractivity contribution < 1.29 is 14.3 Å². The molecule has 6 nitrogen and oxygen atoms in total. The lowest BCUT2D eigenvalue weighted by atomic mass is 10.1. The summed E-state index contributed by atoms with van der Waals surface area (Å²) >= 11 is 6.09. The van der Waals surface area contributed by atoms with Gasteiger partial charge in [0.15, 0.2) is 0 Å². The van der Waals surface area contributed by atoms with Crippen LogP contribution in [0.4, 0.5) is 0 Å². The van der Waals surface area contributed by atoms with Gasteiger partial charge >= 0.3 is 0 Å². The molecule has 2 saturated heterocycles. The third kappa shape index (κ3) is 4.13. The summed E-state index contributed by atoms with van der Waals surface area (Å²) in [5, 5.41) is 0.521. The Bertz CT molecular complexity index is 752. The van der Waals surface area contributed by atoms with E-state index in [9.17, 15) is 9.59 Å². The van der Waals surface area contributed by atoms with Gasteiger partial charge in [0.2, 0.25) is 5.91 Å². The van der Waals surface area contributed by atoms with Crippen molar-refractivity contribution >= 4 is 23.4 Å². The summed E-state index contributed by atoms with van der Waals surface area (Å²) in [5.41, 5.74) is 0.496. The molecule has 0 aromatic heterocycles. The number of carbonyl (C=O) groups excluding carboxylic acids is 2. The molecule has 3 fully saturated rings. The fraction of sp³-hybridized carbons (Fsp3) is 0.619. The van der Waals surface area contributed by atoms with E-state index in [2.05, 4.69) is 4.90 Å². The lowest BCUT2D eigenvalue weighted by Gasteiger charge is -2.27. The Kier molecular flexibility index (Phi) is 5.78. The Hall–Kier alpha value is -1.79. The van der Waals surface area contributed by atoms with Crippen molar-refractivity contribution in [3.05, 3.63) is 28.8 Å². The molecule has 2 amide bonds. The van der Waals surface area contributed by atoms with Crippen LogP contribution in [0.1, 0.15) is 36.0 Å². The monoisotopic (exact) mass is 405 g/mol. The number of likely N-dealkylation sites (tertiary alicyclic amines) is 1. The summed E-state index contributed by atoms with van der Waals surface area (Å²) in [6, 6.07) is 5.10. The second-order valence-electron chi connectivity index (χ2n) is 8.06. The molecular formula is C21H28ClN3O3. The Morgan fingerprint density at radius 2 is 1.96 bits per heavy atom. The average molecular weight is 406 g/mol. The number of rotatable bonds is 5. The maximum atomic E-state index is 13.1. The standard InChI is InChI=1S/C21H28ClN3O3/c1-28-19-6-5-16(22)13-17(19)20(26)24-9-2-8-23(11-12-24)18-7-10-25(21(18)27)14-15-3-4-15/h5-6,13,15,18H,2-4,7-12,14H2,1H3/t18-/m1/s1. The molecule has 0 unspecified atom stereocenters. The van der Waals surface area contributed by atoms with Crippen molar-refractivity contribution in [2.45, 2.75) is 31.7 Å². The number of carbonyl (C=O) groups is 2. The van der Waals surface area contributed by atoms with Gasteiger partial charge in [-0.05, 0) is 49.8 Å². The first kappa shape index (κ1) is 19.5. The largest absolute Gasteiger partial charge is 0.496 e. The molecule has 3 aliphatic rings. The highest BCUT2D eigenvalue weighted by atomic mass is 35.5. The van der Waals surface area contributed by atoms with Gasteiger partial charge in [0.1, 0.15) is 5.75 Å². The van der Waals surface area contributed by atoms with Gasteiger partial charge in [0.25, 0.3) is 5.91 Å². The highest BCUT2D eigenvalue weighted by molar-refractivity contribution is 6.31. The maximum absolute atomic E-state index is 13.1. The van der Waals surface area contributed by atoms with Gasteiger partial charge in [-0.25, -0.2) is 0 Å². The minimum absolute atomic E-state index is 0.0190. The molecule has 1 aliphatic carbocycles. The molecule has 28 heavy (non-hydrogen) atoms. The number of nitrogens with zero attached hydrogens (tertiary/aromatic N) is 3. The van der Waals surface area contributed by atoms with Crippen LogP contribution < -0.4 is 4.74 Å². The maximum Gasteiger partial charge on any atom is 0.257 e. The Labute approximate surface area is 171 Å². The number of benzene rings is 1. The van der Waals surface area contributed by atoms with Crippen molar-refractivity contribution in [1.29, 1.82) is 0 Å². The van der Waals surface area contributed by atoms with Gasteiger partial charge in [-0.2, -0.15) is 0 Å². The number of amides is 2. The summed E-state index contributed by atoms with van der Waals surface area (Å²) in [6.07, 6.45) is 4.30. The zero-order valence-corrected chi connectivity index (χ0v) is 17.2. The zero-order valence-electron chi connectivity index (χ0n) is 16.4. The molecule has 1 saturated carbocycles. The first-order chi connectivity index (χ1) is 13.6. The lowest BCUT2D eigenvalue weighted by Crippen LogP contribution is -2.44. The van der Waals surface area contributed by atoms with Crippen LogP contribution in [0.15, 0.2) is 18.2 Å². The first-order valence-corrected chi connectivity index (χ1v) is 10.6. The molecule has 0 bridgehead atoms. The van der Waals surface area contributed by atoms with E-state index in [1.807, 2.05) is 9.80 Å². The lowest BCUT2D eigenvalue weighted by molar-refractivity contribution is -0.132. The molecule has 1 aromatic carbocycles. The molecular weight excluding hydrogens is 378 g/mol. The highest BCUT2D eigenvalue weighted by Crippen LogP contribution is 2.32. The molecule has 152 valence electrons. The molecule has 0 radical (unpaired) electrons. The highest BCUT2D eigenvalue weighted by Gasteiger charge is 2.39. The zero-order chi connectivity index (χ0) is 19.7. The van der Waals surface area contributed by atoms with Crippen LogP contribution in [0.5, 0.6) is 5.75 Å². The number of ether oxygens (including phenoxy) is 1. The minimum Gasteiger partial charge on any atom is -0.496 e. The van der Waals surface area contributed by atoms with Gasteiger partial charge in [-0.1, -0.05) is 11.6 Å². The van der Waals surface area contributed by atoms with Crippen LogP contribution in [0.3, 0.4) is 0 Å². The van der Waals surface area contributed by atoms with Crippen molar-refractivity contribution in [2.75, 3.05) is 46.4 Å². The number of methoxy groups -OCH3 is 1. The Balaban J connectivity index is 1.39. The third-order valence-corrected chi connectivity index (χ3v) is 6.33. The molecule has 2 heterocycles. The molecule has 0 N–H and O–H groups in total. The van der Waals surface area contributed by atoms with E-state index >= 15 is 0 Å². The van der Waals surface area contributed by atoms with Crippen molar-refractivity contribution in [2.24, 2.45) is 5.92 Å². The van der Waals surface area contributed by atoms with E-state index in [0.717, 1.165) is 44.9 Å². The van der Waals surface area contributed by atoms with Crippen LogP contribution in [0, 0.1) is 5.92 Å². The smallest absolute Gasteiger partial charge is 0.257 e. The fourth-order valence-corrected chi connectivity index (χ4v) is 4.50. The minimum atomic E-state index is -0.0608. The second kappa shape index (κ2) is 8.29. The van der Waals surface area contributed by atoms with Crippen molar-refractivity contribution in [3.63, 3.8) is 0 Å². The predicted molar refractivity (Wildman–Crippen MR) is 108 cm³/mol. The van der Waals surface area contributed by atoms with Crippen LogP contribution in [0.2, 0.25) is 5.02 Å². The van der Waals surface area contributed by atoms with E-state index in [1.165, 1.54) is 12.8 Å². The van der Waals surface area contributed by atoms with E-state index in [1.54, 1.807) is 25.3 Å². The van der Waals surface area contributed by atoms with E-state index < -0.39 is 0 Å². The van der Waals surface area contributed by atoms with Gasteiger partial charge in [-0.3, -0.25) is 14.5 Å². The third-order valence-electron chi connectivity index (χ3n) is 6.10. The van der Waals surface area contributed by atoms with Gasteiger partial charge in [-0.15, -0.1) is 0 Å². The van der Waals surface area contributed by atoms with Gasteiger partial charge < -0.3 is 14.5 Å². The molecule has 4 rings (SSSR count). The normalized spacial score (nSPS) is 23.8. The molecule has 2 aliphatic heterocycles. The van der Waals surface area contributed by atoms with E-state index in [4.69, 9.17) is 16.3 Å². The van der Waals surface area contributed by atoms with E-state index in [-0.39, 0.29) is 17.9 Å². The fourth-order valence-electron chi connectivity index (χ4n) is 4.32. The predicted octanol–water partition coefficient (Wildman–Crippen LogP) is 2.51. The Morgan fingerprint density at radius 1 is 1.14 bits per heavy atom. The number of halogens is 1. The van der Waals surface area contributed by atoms with Gasteiger partial charge in [0, 0.05) is 44.3 Å². The molecule has 1 atom stereocenters. The summed E-state index contributed by atoms with van der Waals surface area (Å²) in [4.78, 5) is 32.0. The van der Waals surface area contributed by atoms with Crippen LogP contribution in [0.25, 0.3) is 0 Å². The van der Waals surface area contributed by atoms with Crippen LogP contribution in [-0.4, -0.2) is 78.9 Å². The first-order valence-electron chi connectivity index (χ1n) is 10.2. The Morgan fingerprint density at radius 3 is 2.71 bits per heavy atom.